The molecule has 92 valence electrons. The van der Waals surface area contributed by atoms with Gasteiger partial charge in [-0.15, -0.1) is 0 Å². The molecule has 0 saturated carbocycles. The third kappa shape index (κ3) is 2.49. The van der Waals surface area contributed by atoms with Gasteiger partial charge in [-0.2, -0.15) is 11.3 Å². The van der Waals surface area contributed by atoms with Crippen molar-refractivity contribution in [3.05, 3.63) is 22.4 Å². The molecule has 1 saturated heterocycles. The molecular weight excluding hydrogens is 236 g/mol. The van der Waals surface area contributed by atoms with Crippen molar-refractivity contribution in [1.29, 1.82) is 0 Å². The highest BCUT2D eigenvalue weighted by atomic mass is 32.1. The summed E-state index contributed by atoms with van der Waals surface area (Å²) >= 11 is 1.62. The molecule has 1 aromatic heterocycles. The zero-order valence-corrected chi connectivity index (χ0v) is 10.8. The van der Waals surface area contributed by atoms with Crippen LogP contribution in [-0.4, -0.2) is 29.3 Å². The minimum atomic E-state index is -0.425. The van der Waals surface area contributed by atoms with Crippen LogP contribution in [0, 0.1) is 0 Å². The Kier molecular flexibility index (Phi) is 3.47. The Hall–Kier alpha value is -1.36. The number of hydrogen-bond acceptors (Lipinski definition) is 3. The van der Waals surface area contributed by atoms with Crippen molar-refractivity contribution in [2.75, 3.05) is 6.54 Å². The summed E-state index contributed by atoms with van der Waals surface area (Å²) in [6, 6.07) is 1.63. The van der Waals surface area contributed by atoms with Crippen LogP contribution in [0.4, 0.5) is 0 Å². The highest BCUT2D eigenvalue weighted by Crippen LogP contribution is 2.24. The molecule has 0 aromatic carbocycles. The van der Waals surface area contributed by atoms with E-state index in [1.54, 1.807) is 23.2 Å². The van der Waals surface area contributed by atoms with Crippen LogP contribution in [0.5, 0.6) is 0 Å². The molecule has 5 heteroatoms. The SMILES string of the molecule is CC1NC(=O)CCN(C(C)c2ccsc2)C1=O. The summed E-state index contributed by atoms with van der Waals surface area (Å²) in [4.78, 5) is 25.3. The van der Waals surface area contributed by atoms with Gasteiger partial charge in [0.05, 0.1) is 6.04 Å². The van der Waals surface area contributed by atoms with Crippen LogP contribution in [0.2, 0.25) is 0 Å². The Bertz CT molecular complexity index is 416. The van der Waals surface area contributed by atoms with E-state index in [4.69, 9.17) is 0 Å². The predicted molar refractivity (Wildman–Crippen MR) is 66.7 cm³/mol. The van der Waals surface area contributed by atoms with E-state index in [2.05, 4.69) is 5.32 Å². The van der Waals surface area contributed by atoms with Crippen molar-refractivity contribution in [2.45, 2.75) is 32.4 Å². The lowest BCUT2D eigenvalue weighted by Crippen LogP contribution is -2.43. The van der Waals surface area contributed by atoms with Crippen molar-refractivity contribution in [1.82, 2.24) is 10.2 Å². The van der Waals surface area contributed by atoms with Crippen LogP contribution >= 0.6 is 11.3 Å². The molecule has 4 nitrogen and oxygen atoms in total. The molecule has 2 rings (SSSR count). The van der Waals surface area contributed by atoms with Gasteiger partial charge in [-0.1, -0.05) is 0 Å². The van der Waals surface area contributed by atoms with E-state index in [9.17, 15) is 9.59 Å². The number of thiophene rings is 1. The first-order valence-electron chi connectivity index (χ1n) is 5.71. The molecule has 2 amide bonds. The first-order valence-corrected chi connectivity index (χ1v) is 6.66. The van der Waals surface area contributed by atoms with Crippen molar-refractivity contribution in [2.24, 2.45) is 0 Å². The number of rotatable bonds is 2. The van der Waals surface area contributed by atoms with Gasteiger partial charge in [-0.05, 0) is 36.2 Å². The molecule has 1 N–H and O–H groups in total. The standard InChI is InChI=1S/C12H16N2O2S/c1-8-12(16)14(5-3-11(15)13-8)9(2)10-4-6-17-7-10/h4,6-9H,3,5H2,1-2H3,(H,13,15). The van der Waals surface area contributed by atoms with E-state index in [-0.39, 0.29) is 17.9 Å². The van der Waals surface area contributed by atoms with E-state index in [0.717, 1.165) is 5.56 Å². The summed E-state index contributed by atoms with van der Waals surface area (Å²) in [6.07, 6.45) is 0.380. The number of nitrogens with one attached hydrogen (secondary N) is 1. The Morgan fingerprint density at radius 3 is 2.94 bits per heavy atom. The summed E-state index contributed by atoms with van der Waals surface area (Å²) in [6.45, 7) is 4.23. The fourth-order valence-corrected chi connectivity index (χ4v) is 2.78. The molecule has 2 heterocycles. The molecule has 1 aromatic rings. The van der Waals surface area contributed by atoms with E-state index >= 15 is 0 Å². The van der Waals surface area contributed by atoms with E-state index in [0.29, 0.717) is 13.0 Å². The Morgan fingerprint density at radius 2 is 2.29 bits per heavy atom. The predicted octanol–water partition coefficient (Wildman–Crippen LogP) is 1.55. The highest BCUT2D eigenvalue weighted by molar-refractivity contribution is 7.07. The van der Waals surface area contributed by atoms with Crippen LogP contribution in [0.3, 0.4) is 0 Å². The number of amides is 2. The van der Waals surface area contributed by atoms with Gasteiger partial charge in [-0.3, -0.25) is 9.59 Å². The molecule has 17 heavy (non-hydrogen) atoms. The quantitative estimate of drug-likeness (QED) is 0.868. The minimum absolute atomic E-state index is 0.00505. The average molecular weight is 252 g/mol. The van der Waals surface area contributed by atoms with Crippen LogP contribution in [0.25, 0.3) is 0 Å². The van der Waals surface area contributed by atoms with E-state index in [1.165, 1.54) is 0 Å². The topological polar surface area (TPSA) is 49.4 Å². The Labute approximate surface area is 105 Å². The van der Waals surface area contributed by atoms with Gasteiger partial charge >= 0.3 is 0 Å². The fraction of sp³-hybridized carbons (Fsp3) is 0.500. The molecule has 0 bridgehead atoms. The summed E-state index contributed by atoms with van der Waals surface area (Å²) in [5.74, 6) is -0.0552. The van der Waals surface area contributed by atoms with Crippen LogP contribution in [-0.2, 0) is 9.59 Å². The second kappa shape index (κ2) is 4.87. The molecule has 0 aliphatic carbocycles. The normalized spacial score (nSPS) is 23.2. The zero-order valence-electron chi connectivity index (χ0n) is 9.97. The summed E-state index contributed by atoms with van der Waals surface area (Å²) < 4.78 is 0. The number of carbonyl (C=O) groups excluding carboxylic acids is 2. The third-order valence-electron chi connectivity index (χ3n) is 3.10. The highest BCUT2D eigenvalue weighted by Gasteiger charge is 2.30. The first-order chi connectivity index (χ1) is 8.09. The Balaban J connectivity index is 2.19. The lowest BCUT2D eigenvalue weighted by molar-refractivity contribution is -0.134. The second-order valence-electron chi connectivity index (χ2n) is 4.30. The number of hydrogen-bond donors (Lipinski definition) is 1. The molecule has 0 radical (unpaired) electrons. The van der Waals surface area contributed by atoms with E-state index in [1.807, 2.05) is 23.8 Å². The molecular formula is C12H16N2O2S. The summed E-state index contributed by atoms with van der Waals surface area (Å²) in [5, 5.41) is 6.74. The van der Waals surface area contributed by atoms with Gasteiger partial charge in [-0.25, -0.2) is 0 Å². The van der Waals surface area contributed by atoms with Gasteiger partial charge in [0, 0.05) is 13.0 Å². The molecule has 2 atom stereocenters. The fourth-order valence-electron chi connectivity index (χ4n) is 2.03. The van der Waals surface area contributed by atoms with Crippen molar-refractivity contribution < 1.29 is 9.59 Å². The van der Waals surface area contributed by atoms with Crippen LogP contribution in [0.15, 0.2) is 16.8 Å². The summed E-state index contributed by atoms with van der Waals surface area (Å²) in [5.41, 5.74) is 1.13. The zero-order chi connectivity index (χ0) is 12.4. The molecule has 1 fully saturated rings. The first kappa shape index (κ1) is 12.1. The van der Waals surface area contributed by atoms with Gasteiger partial charge in [0.15, 0.2) is 0 Å². The van der Waals surface area contributed by atoms with Crippen molar-refractivity contribution in [3.63, 3.8) is 0 Å². The molecule has 2 unspecified atom stereocenters. The monoisotopic (exact) mass is 252 g/mol. The maximum atomic E-state index is 12.1. The molecule has 0 spiro atoms. The number of nitrogens with zero attached hydrogens (tertiary/aromatic N) is 1. The maximum absolute atomic E-state index is 12.1. The lowest BCUT2D eigenvalue weighted by atomic mass is 10.1. The maximum Gasteiger partial charge on any atom is 0.245 e. The van der Waals surface area contributed by atoms with Gasteiger partial charge < -0.3 is 10.2 Å². The number of carbonyl (C=O) groups is 2. The van der Waals surface area contributed by atoms with E-state index < -0.39 is 6.04 Å². The van der Waals surface area contributed by atoms with Crippen molar-refractivity contribution in [3.8, 4) is 0 Å². The largest absolute Gasteiger partial charge is 0.345 e. The molecule has 1 aliphatic heterocycles. The van der Waals surface area contributed by atoms with Gasteiger partial charge in [0.2, 0.25) is 11.8 Å². The average Bonchev–Trinajstić information content (AvgIpc) is 2.77. The van der Waals surface area contributed by atoms with Crippen LogP contribution in [0.1, 0.15) is 31.9 Å². The minimum Gasteiger partial charge on any atom is -0.345 e. The lowest BCUT2D eigenvalue weighted by Gasteiger charge is -2.28. The van der Waals surface area contributed by atoms with Crippen LogP contribution < -0.4 is 5.32 Å². The van der Waals surface area contributed by atoms with Gasteiger partial charge in [0.25, 0.3) is 0 Å². The second-order valence-corrected chi connectivity index (χ2v) is 5.08. The van der Waals surface area contributed by atoms with Crippen molar-refractivity contribution >= 4 is 23.2 Å². The molecule has 1 aliphatic rings. The summed E-state index contributed by atoms with van der Waals surface area (Å²) in [7, 11) is 0. The van der Waals surface area contributed by atoms with Gasteiger partial charge in [0.1, 0.15) is 6.04 Å². The smallest absolute Gasteiger partial charge is 0.245 e. The Morgan fingerprint density at radius 1 is 1.53 bits per heavy atom. The third-order valence-corrected chi connectivity index (χ3v) is 3.81.